The van der Waals surface area contributed by atoms with Gasteiger partial charge in [-0.25, -0.2) is 0 Å². The fourth-order valence-corrected chi connectivity index (χ4v) is 3.07. The highest BCUT2D eigenvalue weighted by atomic mass is 16.2. The Hall–Kier alpha value is -2.14. The summed E-state index contributed by atoms with van der Waals surface area (Å²) in [4.78, 5) is 12.7. The molecular weight excluding hydrogens is 288 g/mol. The molecular formula is C18H24N4O. The lowest BCUT2D eigenvalue weighted by Crippen LogP contribution is -2.32. The molecule has 0 spiro atoms. The Labute approximate surface area is 136 Å². The number of aromatic nitrogens is 2. The van der Waals surface area contributed by atoms with Crippen molar-refractivity contribution in [2.75, 3.05) is 6.54 Å². The maximum Gasteiger partial charge on any atom is 0.272 e. The molecule has 1 aromatic heterocycles. The van der Waals surface area contributed by atoms with Crippen LogP contribution in [0.3, 0.4) is 0 Å². The molecule has 5 nitrogen and oxygen atoms in total. The number of H-pyrrole nitrogens is 1. The monoisotopic (exact) mass is 312 g/mol. The summed E-state index contributed by atoms with van der Waals surface area (Å²) < 4.78 is 0. The number of rotatable bonds is 5. The molecule has 0 saturated heterocycles. The molecule has 23 heavy (non-hydrogen) atoms. The predicted octanol–water partition coefficient (Wildman–Crippen LogP) is 2.57. The van der Waals surface area contributed by atoms with Crippen molar-refractivity contribution >= 4 is 5.91 Å². The molecule has 1 aromatic carbocycles. The van der Waals surface area contributed by atoms with E-state index in [-0.39, 0.29) is 11.9 Å². The van der Waals surface area contributed by atoms with E-state index in [2.05, 4.69) is 46.8 Å². The summed E-state index contributed by atoms with van der Waals surface area (Å²) in [6.45, 7) is 5.97. The third kappa shape index (κ3) is 3.62. The van der Waals surface area contributed by atoms with Crippen LogP contribution in [0.1, 0.15) is 53.6 Å². The highest BCUT2D eigenvalue weighted by molar-refractivity contribution is 5.94. The summed E-state index contributed by atoms with van der Waals surface area (Å²) in [6.07, 6.45) is 1.80. The molecule has 0 saturated carbocycles. The van der Waals surface area contributed by atoms with Gasteiger partial charge in [-0.15, -0.1) is 0 Å². The maximum atomic E-state index is 12.7. The van der Waals surface area contributed by atoms with Gasteiger partial charge in [0, 0.05) is 30.8 Å². The van der Waals surface area contributed by atoms with Gasteiger partial charge >= 0.3 is 0 Å². The minimum atomic E-state index is -0.0966. The van der Waals surface area contributed by atoms with Gasteiger partial charge in [0.1, 0.15) is 0 Å². The Morgan fingerprint density at radius 3 is 2.83 bits per heavy atom. The lowest BCUT2D eigenvalue weighted by Gasteiger charge is -2.21. The first-order valence-corrected chi connectivity index (χ1v) is 8.27. The lowest BCUT2D eigenvalue weighted by atomic mass is 9.96. The van der Waals surface area contributed by atoms with Gasteiger partial charge in [-0.3, -0.25) is 9.89 Å². The van der Waals surface area contributed by atoms with Gasteiger partial charge in [-0.1, -0.05) is 44.2 Å². The zero-order valence-corrected chi connectivity index (χ0v) is 13.7. The van der Waals surface area contributed by atoms with Crippen LogP contribution in [0.2, 0.25) is 0 Å². The molecule has 0 radical (unpaired) electrons. The van der Waals surface area contributed by atoms with E-state index in [1.165, 1.54) is 0 Å². The van der Waals surface area contributed by atoms with Crippen LogP contribution in [0.4, 0.5) is 0 Å². The van der Waals surface area contributed by atoms with Gasteiger partial charge in [-0.2, -0.15) is 5.10 Å². The van der Waals surface area contributed by atoms with Crippen LogP contribution in [0.5, 0.6) is 0 Å². The number of hydrogen-bond donors (Lipinski definition) is 3. The highest BCUT2D eigenvalue weighted by Crippen LogP contribution is 2.22. The minimum Gasteiger partial charge on any atom is -0.344 e. The number of carbonyl (C=O) groups is 1. The normalized spacial score (nSPS) is 15.3. The van der Waals surface area contributed by atoms with Crippen LogP contribution in [0.25, 0.3) is 0 Å². The van der Waals surface area contributed by atoms with Crippen molar-refractivity contribution in [2.45, 2.75) is 39.3 Å². The first kappa shape index (κ1) is 15.7. The Balaban J connectivity index is 1.79. The quantitative estimate of drug-likeness (QED) is 0.795. The van der Waals surface area contributed by atoms with Crippen molar-refractivity contribution < 1.29 is 4.79 Å². The second-order valence-corrected chi connectivity index (χ2v) is 6.52. The van der Waals surface area contributed by atoms with E-state index in [1.54, 1.807) is 0 Å². The van der Waals surface area contributed by atoms with E-state index in [0.717, 1.165) is 36.2 Å². The van der Waals surface area contributed by atoms with Crippen LogP contribution in [-0.4, -0.2) is 22.6 Å². The van der Waals surface area contributed by atoms with Crippen LogP contribution < -0.4 is 10.6 Å². The zero-order chi connectivity index (χ0) is 16.2. The SMILES string of the molecule is CC(C)CC(NC(=O)c1n[nH]c2c1CNCC2)c1ccccc1. The van der Waals surface area contributed by atoms with E-state index in [4.69, 9.17) is 0 Å². The molecule has 1 aliphatic heterocycles. The van der Waals surface area contributed by atoms with Gasteiger partial charge in [0.25, 0.3) is 5.91 Å². The van der Waals surface area contributed by atoms with Crippen molar-refractivity contribution in [3.8, 4) is 0 Å². The van der Waals surface area contributed by atoms with Crippen molar-refractivity contribution in [2.24, 2.45) is 5.92 Å². The average molecular weight is 312 g/mol. The number of fused-ring (bicyclic) bond motifs is 1. The Morgan fingerprint density at radius 1 is 1.30 bits per heavy atom. The molecule has 0 aliphatic carbocycles. The summed E-state index contributed by atoms with van der Waals surface area (Å²) in [5.41, 5.74) is 3.74. The summed E-state index contributed by atoms with van der Waals surface area (Å²) in [5.74, 6) is 0.399. The van der Waals surface area contributed by atoms with Crippen LogP contribution in [0.15, 0.2) is 30.3 Å². The summed E-state index contributed by atoms with van der Waals surface area (Å²) >= 11 is 0. The molecule has 1 unspecified atom stereocenters. The molecule has 122 valence electrons. The fourth-order valence-electron chi connectivity index (χ4n) is 3.07. The van der Waals surface area contributed by atoms with Crippen LogP contribution in [0, 0.1) is 5.92 Å². The summed E-state index contributed by atoms with van der Waals surface area (Å²) in [6, 6.07) is 10.1. The summed E-state index contributed by atoms with van der Waals surface area (Å²) in [5, 5.41) is 13.7. The number of nitrogens with one attached hydrogen (secondary N) is 3. The van der Waals surface area contributed by atoms with Gasteiger partial charge in [0.05, 0.1) is 6.04 Å². The van der Waals surface area contributed by atoms with E-state index in [0.29, 0.717) is 18.2 Å². The Kier molecular flexibility index (Phi) is 4.76. The van der Waals surface area contributed by atoms with Gasteiger partial charge in [-0.05, 0) is 17.9 Å². The lowest BCUT2D eigenvalue weighted by molar-refractivity contribution is 0.0925. The molecule has 3 rings (SSSR count). The van der Waals surface area contributed by atoms with E-state index >= 15 is 0 Å². The first-order valence-electron chi connectivity index (χ1n) is 8.27. The standard InChI is InChI=1S/C18H24N4O/c1-12(2)10-16(13-6-4-3-5-7-13)20-18(23)17-14-11-19-9-8-15(14)21-22-17/h3-7,12,16,19H,8-11H2,1-2H3,(H,20,23)(H,21,22). The van der Waals surface area contributed by atoms with E-state index in [9.17, 15) is 4.79 Å². The Bertz CT molecular complexity index is 663. The summed E-state index contributed by atoms with van der Waals surface area (Å²) in [7, 11) is 0. The van der Waals surface area contributed by atoms with Crippen molar-refractivity contribution in [1.82, 2.24) is 20.8 Å². The van der Waals surface area contributed by atoms with Gasteiger partial charge < -0.3 is 10.6 Å². The van der Waals surface area contributed by atoms with E-state index < -0.39 is 0 Å². The fraction of sp³-hybridized carbons (Fsp3) is 0.444. The number of benzene rings is 1. The van der Waals surface area contributed by atoms with Gasteiger partial charge in [0.2, 0.25) is 0 Å². The smallest absolute Gasteiger partial charge is 0.272 e. The average Bonchev–Trinajstić information content (AvgIpc) is 2.99. The van der Waals surface area contributed by atoms with E-state index in [1.807, 2.05) is 18.2 Å². The van der Waals surface area contributed by atoms with Crippen LogP contribution >= 0.6 is 0 Å². The van der Waals surface area contributed by atoms with Crippen molar-refractivity contribution in [3.05, 3.63) is 52.8 Å². The van der Waals surface area contributed by atoms with Crippen LogP contribution in [-0.2, 0) is 13.0 Å². The van der Waals surface area contributed by atoms with Gasteiger partial charge in [0.15, 0.2) is 5.69 Å². The third-order valence-corrected chi connectivity index (χ3v) is 4.24. The molecule has 0 fully saturated rings. The topological polar surface area (TPSA) is 69.8 Å². The number of hydrogen-bond acceptors (Lipinski definition) is 3. The molecule has 1 amide bonds. The number of aromatic amines is 1. The molecule has 1 aliphatic rings. The van der Waals surface area contributed by atoms with Crippen molar-refractivity contribution in [3.63, 3.8) is 0 Å². The Morgan fingerprint density at radius 2 is 2.09 bits per heavy atom. The predicted molar refractivity (Wildman–Crippen MR) is 90.1 cm³/mol. The number of amides is 1. The molecule has 2 aromatic rings. The second-order valence-electron chi connectivity index (χ2n) is 6.52. The first-order chi connectivity index (χ1) is 11.1. The molecule has 5 heteroatoms. The van der Waals surface area contributed by atoms with Crippen molar-refractivity contribution in [1.29, 1.82) is 0 Å². The largest absolute Gasteiger partial charge is 0.344 e. The minimum absolute atomic E-state index is 0.00704. The molecule has 0 bridgehead atoms. The molecule has 1 atom stereocenters. The number of carbonyl (C=O) groups excluding carboxylic acids is 1. The maximum absolute atomic E-state index is 12.7. The zero-order valence-electron chi connectivity index (χ0n) is 13.7. The molecule has 2 heterocycles. The highest BCUT2D eigenvalue weighted by Gasteiger charge is 2.24. The second kappa shape index (κ2) is 6.96. The molecule has 3 N–H and O–H groups in total. The number of nitrogens with zero attached hydrogens (tertiary/aromatic N) is 1. The third-order valence-electron chi connectivity index (χ3n) is 4.24.